The van der Waals surface area contributed by atoms with E-state index in [0.717, 1.165) is 0 Å². The second-order valence-corrected chi connectivity index (χ2v) is 4.85. The van der Waals surface area contributed by atoms with Gasteiger partial charge >= 0.3 is 0 Å². The van der Waals surface area contributed by atoms with Gasteiger partial charge in [0.05, 0.1) is 12.7 Å². The summed E-state index contributed by atoms with van der Waals surface area (Å²) in [7, 11) is 1.48. The molecule has 5 nitrogen and oxygen atoms in total. The van der Waals surface area contributed by atoms with Gasteiger partial charge in [-0.15, -0.1) is 6.42 Å². The summed E-state index contributed by atoms with van der Waals surface area (Å²) in [6, 6.07) is 4.79. The Kier molecular flexibility index (Phi) is 5.42. The van der Waals surface area contributed by atoms with Gasteiger partial charge in [-0.1, -0.05) is 5.92 Å². The summed E-state index contributed by atoms with van der Waals surface area (Å²) in [5, 5.41) is 12.2. The molecule has 1 aromatic rings. The number of hydrogen-bond donors (Lipinski definition) is 2. The number of benzene rings is 1. The Morgan fingerprint density at radius 3 is 2.70 bits per heavy atom. The van der Waals surface area contributed by atoms with Crippen LogP contribution in [0.3, 0.4) is 0 Å². The number of carbonyl (C=O) groups excluding carboxylic acids is 1. The molecule has 0 spiro atoms. The summed E-state index contributed by atoms with van der Waals surface area (Å²) < 4.78 is 10.4. The third kappa shape index (κ3) is 4.82. The zero-order valence-electron chi connectivity index (χ0n) is 11.9. The van der Waals surface area contributed by atoms with Gasteiger partial charge < -0.3 is 19.9 Å². The van der Waals surface area contributed by atoms with Gasteiger partial charge in [0.25, 0.3) is 5.91 Å². The Bertz CT molecular complexity index is 512. The number of ether oxygens (including phenoxy) is 2. The number of carbonyl (C=O) groups is 1. The van der Waals surface area contributed by atoms with E-state index in [4.69, 9.17) is 15.9 Å². The summed E-state index contributed by atoms with van der Waals surface area (Å²) in [5.74, 6) is 2.96. The maximum Gasteiger partial charge on any atom is 0.251 e. The largest absolute Gasteiger partial charge is 0.493 e. The molecule has 1 amide bonds. The summed E-state index contributed by atoms with van der Waals surface area (Å²) in [5.41, 5.74) is -0.547. The first-order chi connectivity index (χ1) is 9.37. The van der Waals surface area contributed by atoms with Crippen molar-refractivity contribution < 1.29 is 19.4 Å². The Balaban J connectivity index is 2.82. The molecule has 0 unspecified atom stereocenters. The second-order valence-electron chi connectivity index (χ2n) is 4.85. The van der Waals surface area contributed by atoms with Crippen molar-refractivity contribution in [3.05, 3.63) is 23.8 Å². The molecule has 0 saturated heterocycles. The highest BCUT2D eigenvalue weighted by Gasteiger charge is 2.16. The monoisotopic (exact) mass is 277 g/mol. The van der Waals surface area contributed by atoms with E-state index in [1.807, 2.05) is 0 Å². The Hall–Kier alpha value is -2.19. The topological polar surface area (TPSA) is 67.8 Å². The van der Waals surface area contributed by atoms with Gasteiger partial charge in [0.2, 0.25) is 0 Å². The van der Waals surface area contributed by atoms with Crippen molar-refractivity contribution in [1.82, 2.24) is 5.32 Å². The molecule has 2 N–H and O–H groups in total. The van der Waals surface area contributed by atoms with Crippen LogP contribution in [-0.4, -0.2) is 36.9 Å². The minimum absolute atomic E-state index is 0.126. The molecule has 0 aromatic heterocycles. The summed E-state index contributed by atoms with van der Waals surface area (Å²) in [6.07, 6.45) is 5.12. The zero-order chi connectivity index (χ0) is 15.2. The van der Waals surface area contributed by atoms with Gasteiger partial charge in [0, 0.05) is 12.1 Å². The maximum absolute atomic E-state index is 11.9. The van der Waals surface area contributed by atoms with E-state index in [1.165, 1.54) is 7.11 Å². The molecule has 108 valence electrons. The number of rotatable bonds is 6. The SMILES string of the molecule is C#CCOc1ccc(C(=O)NCC(C)(C)O)cc1OC. The highest BCUT2D eigenvalue weighted by Crippen LogP contribution is 2.27. The molecule has 20 heavy (non-hydrogen) atoms. The third-order valence-corrected chi connectivity index (χ3v) is 2.42. The first-order valence-corrected chi connectivity index (χ1v) is 6.12. The number of methoxy groups -OCH3 is 1. The zero-order valence-corrected chi connectivity index (χ0v) is 11.9. The number of hydrogen-bond acceptors (Lipinski definition) is 4. The standard InChI is InChI=1S/C15H19NO4/c1-5-8-20-12-7-6-11(9-13(12)19-4)14(17)16-10-15(2,3)18/h1,6-7,9,18H,8,10H2,2-4H3,(H,16,17). The predicted octanol–water partition coefficient (Wildman–Crippen LogP) is 1.21. The first-order valence-electron chi connectivity index (χ1n) is 6.12. The molecular weight excluding hydrogens is 258 g/mol. The molecule has 0 aliphatic rings. The maximum atomic E-state index is 11.9. The van der Waals surface area contributed by atoms with Crippen LogP contribution in [0.15, 0.2) is 18.2 Å². The van der Waals surface area contributed by atoms with Crippen molar-refractivity contribution in [3.8, 4) is 23.8 Å². The van der Waals surface area contributed by atoms with Gasteiger partial charge in [-0.3, -0.25) is 4.79 Å². The van der Waals surface area contributed by atoms with Crippen LogP contribution in [0.5, 0.6) is 11.5 Å². The summed E-state index contributed by atoms with van der Waals surface area (Å²) in [4.78, 5) is 11.9. The Labute approximate surface area is 118 Å². The van der Waals surface area contributed by atoms with Gasteiger partial charge in [0.15, 0.2) is 11.5 Å². The first kappa shape index (κ1) is 15.9. The summed E-state index contributed by atoms with van der Waals surface area (Å²) in [6.45, 7) is 3.51. The molecule has 0 aliphatic carbocycles. The fourth-order valence-corrected chi connectivity index (χ4v) is 1.45. The molecule has 0 bridgehead atoms. The van der Waals surface area contributed by atoms with Crippen molar-refractivity contribution in [2.75, 3.05) is 20.3 Å². The lowest BCUT2D eigenvalue weighted by atomic mass is 10.1. The van der Waals surface area contributed by atoms with Crippen LogP contribution in [-0.2, 0) is 0 Å². The lowest BCUT2D eigenvalue weighted by Gasteiger charge is -2.18. The van der Waals surface area contributed by atoms with Crippen molar-refractivity contribution in [3.63, 3.8) is 0 Å². The van der Waals surface area contributed by atoms with Crippen LogP contribution in [0.25, 0.3) is 0 Å². The second kappa shape index (κ2) is 6.83. The average molecular weight is 277 g/mol. The number of amides is 1. The van der Waals surface area contributed by atoms with E-state index in [2.05, 4.69) is 11.2 Å². The van der Waals surface area contributed by atoms with Gasteiger partial charge in [-0.05, 0) is 32.0 Å². The summed E-state index contributed by atoms with van der Waals surface area (Å²) >= 11 is 0. The molecule has 1 rings (SSSR count). The van der Waals surface area contributed by atoms with E-state index < -0.39 is 5.60 Å². The van der Waals surface area contributed by atoms with Gasteiger partial charge in [-0.25, -0.2) is 0 Å². The number of nitrogens with one attached hydrogen (secondary N) is 1. The number of aliphatic hydroxyl groups is 1. The van der Waals surface area contributed by atoms with Crippen molar-refractivity contribution in [2.24, 2.45) is 0 Å². The highest BCUT2D eigenvalue weighted by molar-refractivity contribution is 5.94. The van der Waals surface area contributed by atoms with Crippen LogP contribution in [0, 0.1) is 12.3 Å². The number of terminal acetylenes is 1. The Morgan fingerprint density at radius 2 is 2.15 bits per heavy atom. The van der Waals surface area contributed by atoms with Gasteiger partial charge in [-0.2, -0.15) is 0 Å². The highest BCUT2D eigenvalue weighted by atomic mass is 16.5. The minimum atomic E-state index is -0.963. The molecule has 0 fully saturated rings. The fourth-order valence-electron chi connectivity index (χ4n) is 1.45. The van der Waals surface area contributed by atoms with Crippen LogP contribution in [0.4, 0.5) is 0 Å². The van der Waals surface area contributed by atoms with E-state index in [-0.39, 0.29) is 19.1 Å². The van der Waals surface area contributed by atoms with Crippen molar-refractivity contribution in [1.29, 1.82) is 0 Å². The van der Waals surface area contributed by atoms with Crippen molar-refractivity contribution in [2.45, 2.75) is 19.4 Å². The Morgan fingerprint density at radius 1 is 1.45 bits per heavy atom. The minimum Gasteiger partial charge on any atom is -0.493 e. The molecule has 0 atom stereocenters. The lowest BCUT2D eigenvalue weighted by Crippen LogP contribution is -2.38. The molecular formula is C15H19NO4. The molecule has 0 radical (unpaired) electrons. The average Bonchev–Trinajstić information content (AvgIpc) is 2.41. The fraction of sp³-hybridized carbons (Fsp3) is 0.400. The van der Waals surface area contributed by atoms with E-state index >= 15 is 0 Å². The quantitative estimate of drug-likeness (QED) is 0.767. The van der Waals surface area contributed by atoms with E-state index in [1.54, 1.807) is 32.0 Å². The van der Waals surface area contributed by atoms with Crippen LogP contribution >= 0.6 is 0 Å². The predicted molar refractivity (Wildman–Crippen MR) is 76.0 cm³/mol. The smallest absolute Gasteiger partial charge is 0.251 e. The van der Waals surface area contributed by atoms with Crippen LogP contribution in [0.1, 0.15) is 24.2 Å². The third-order valence-electron chi connectivity index (χ3n) is 2.42. The molecule has 0 heterocycles. The molecule has 1 aromatic carbocycles. The van der Waals surface area contributed by atoms with Crippen LogP contribution < -0.4 is 14.8 Å². The van der Waals surface area contributed by atoms with Crippen molar-refractivity contribution >= 4 is 5.91 Å². The van der Waals surface area contributed by atoms with E-state index in [0.29, 0.717) is 17.1 Å². The normalized spacial score (nSPS) is 10.6. The van der Waals surface area contributed by atoms with E-state index in [9.17, 15) is 9.90 Å². The van der Waals surface area contributed by atoms with Gasteiger partial charge in [0.1, 0.15) is 6.61 Å². The van der Waals surface area contributed by atoms with Crippen LogP contribution in [0.2, 0.25) is 0 Å². The molecule has 0 saturated carbocycles. The lowest BCUT2D eigenvalue weighted by molar-refractivity contribution is 0.0694. The molecule has 0 aliphatic heterocycles. The molecule has 5 heteroatoms.